The summed E-state index contributed by atoms with van der Waals surface area (Å²) in [7, 11) is -0.317. The van der Waals surface area contributed by atoms with Crippen molar-refractivity contribution in [2.45, 2.75) is 111 Å². The van der Waals surface area contributed by atoms with E-state index in [9.17, 15) is 0 Å². The predicted octanol–water partition coefficient (Wildman–Crippen LogP) is 7.90. The lowest BCUT2D eigenvalue weighted by Gasteiger charge is -2.33. The fourth-order valence-electron chi connectivity index (χ4n) is 5.89. The van der Waals surface area contributed by atoms with Crippen molar-refractivity contribution >= 4 is 12.6 Å². The number of hydrogen-bond donors (Lipinski definition) is 0. The van der Waals surface area contributed by atoms with Crippen LogP contribution in [-0.4, -0.2) is 18.3 Å². The summed E-state index contributed by atoms with van der Waals surface area (Å²) in [6.45, 7) is 17.9. The Kier molecular flexibility index (Phi) is 7.11. The van der Waals surface area contributed by atoms with Crippen molar-refractivity contribution in [3.05, 3.63) is 53.6 Å². The maximum absolute atomic E-state index is 6.46. The maximum Gasteiger partial charge on any atom is 0.494 e. The molecule has 1 aliphatic carbocycles. The second kappa shape index (κ2) is 9.47. The molecule has 0 N–H and O–H groups in total. The van der Waals surface area contributed by atoms with E-state index in [-0.39, 0.29) is 23.7 Å². The molecule has 0 atom stereocenters. The van der Waals surface area contributed by atoms with Gasteiger partial charge in [-0.3, -0.25) is 0 Å². The second-order valence-electron chi connectivity index (χ2n) is 12.6. The van der Waals surface area contributed by atoms with E-state index in [0.717, 1.165) is 17.3 Å². The fourth-order valence-corrected chi connectivity index (χ4v) is 5.89. The lowest BCUT2D eigenvalue weighted by Crippen LogP contribution is -2.41. The van der Waals surface area contributed by atoms with Gasteiger partial charge in [0.15, 0.2) is 0 Å². The molecule has 0 spiro atoms. The molecule has 1 aliphatic heterocycles. The third-order valence-electron chi connectivity index (χ3n) is 8.59. The number of hydrogen-bond acceptors (Lipinski definition) is 2. The SMILES string of the molecule is CC(C)CCCC1(CCCC(C)C)c2ccccc2-c2ccc(B3OC(C)(C)C(C)(C)O3)cc21. The van der Waals surface area contributed by atoms with Crippen LogP contribution in [0, 0.1) is 11.8 Å². The van der Waals surface area contributed by atoms with Gasteiger partial charge in [0, 0.05) is 5.41 Å². The third kappa shape index (κ3) is 4.63. The van der Waals surface area contributed by atoms with E-state index in [0.29, 0.717) is 0 Å². The van der Waals surface area contributed by atoms with E-state index in [2.05, 4.69) is 97.9 Å². The summed E-state index contributed by atoms with van der Waals surface area (Å²) in [4.78, 5) is 0. The highest BCUT2D eigenvalue weighted by molar-refractivity contribution is 6.62. The highest BCUT2D eigenvalue weighted by atomic mass is 16.7. The second-order valence-corrected chi connectivity index (χ2v) is 12.6. The molecule has 0 bridgehead atoms. The molecule has 0 unspecified atom stereocenters. The molecule has 0 radical (unpaired) electrons. The van der Waals surface area contributed by atoms with Crippen molar-refractivity contribution in [3.8, 4) is 11.1 Å². The van der Waals surface area contributed by atoms with Crippen molar-refractivity contribution in [1.29, 1.82) is 0 Å². The largest absolute Gasteiger partial charge is 0.494 e. The molecule has 2 nitrogen and oxygen atoms in total. The summed E-state index contributed by atoms with van der Waals surface area (Å²) < 4.78 is 12.9. The summed E-state index contributed by atoms with van der Waals surface area (Å²) in [5.74, 6) is 1.47. The van der Waals surface area contributed by atoms with Gasteiger partial charge in [0.1, 0.15) is 0 Å². The van der Waals surface area contributed by atoms with Gasteiger partial charge in [0.2, 0.25) is 0 Å². The third-order valence-corrected chi connectivity index (χ3v) is 8.59. The van der Waals surface area contributed by atoms with Gasteiger partial charge in [-0.2, -0.15) is 0 Å². The molecule has 2 aromatic rings. The van der Waals surface area contributed by atoms with E-state index in [1.807, 2.05) is 0 Å². The first-order valence-electron chi connectivity index (χ1n) is 13.6. The molecule has 4 rings (SSSR count). The smallest absolute Gasteiger partial charge is 0.399 e. The molecule has 0 aromatic heterocycles. The van der Waals surface area contributed by atoms with Gasteiger partial charge in [-0.1, -0.05) is 95.8 Å². The summed E-state index contributed by atoms with van der Waals surface area (Å²) in [6, 6.07) is 16.2. The molecule has 34 heavy (non-hydrogen) atoms. The summed E-state index contributed by atoms with van der Waals surface area (Å²) in [5.41, 5.74) is 6.43. The molecule has 2 aromatic carbocycles. The fraction of sp³-hybridized carbons (Fsp3) is 0.613. The maximum atomic E-state index is 6.46. The van der Waals surface area contributed by atoms with Crippen LogP contribution in [0.3, 0.4) is 0 Å². The molecule has 1 saturated heterocycles. The molecule has 0 amide bonds. The highest BCUT2D eigenvalue weighted by Crippen LogP contribution is 2.54. The Labute approximate surface area is 209 Å². The molecular weight excluding hydrogens is 415 g/mol. The Morgan fingerprint density at radius 2 is 1.24 bits per heavy atom. The molecule has 184 valence electrons. The van der Waals surface area contributed by atoms with Crippen LogP contribution in [0.15, 0.2) is 42.5 Å². The molecule has 0 saturated carbocycles. The molecule has 1 heterocycles. The van der Waals surface area contributed by atoms with E-state index in [1.165, 1.54) is 60.8 Å². The van der Waals surface area contributed by atoms with Crippen molar-refractivity contribution in [2.75, 3.05) is 0 Å². The van der Waals surface area contributed by atoms with Crippen LogP contribution in [0.1, 0.15) is 105 Å². The lowest BCUT2D eigenvalue weighted by molar-refractivity contribution is 0.00578. The van der Waals surface area contributed by atoms with E-state index >= 15 is 0 Å². The van der Waals surface area contributed by atoms with Crippen LogP contribution in [0.25, 0.3) is 11.1 Å². The van der Waals surface area contributed by atoms with Crippen molar-refractivity contribution in [1.82, 2.24) is 0 Å². The van der Waals surface area contributed by atoms with Crippen LogP contribution in [0.5, 0.6) is 0 Å². The standard InChI is InChI=1S/C31H45BO2/c1-22(2)13-11-19-31(20-12-14-23(3)4)27-16-10-9-15-25(27)26-18-17-24(21-28(26)31)32-33-29(5,6)30(7,8)34-32/h9-10,15-18,21-23H,11-14,19-20H2,1-8H3. The van der Waals surface area contributed by atoms with Crippen molar-refractivity contribution < 1.29 is 9.31 Å². The van der Waals surface area contributed by atoms with Gasteiger partial charge in [-0.15, -0.1) is 0 Å². The lowest BCUT2D eigenvalue weighted by atomic mass is 9.68. The topological polar surface area (TPSA) is 18.5 Å². The van der Waals surface area contributed by atoms with E-state index < -0.39 is 0 Å². The Bertz CT molecular complexity index is 974. The van der Waals surface area contributed by atoms with Gasteiger partial charge in [0.25, 0.3) is 0 Å². The molecular formula is C31H45BO2. The van der Waals surface area contributed by atoms with Crippen LogP contribution in [0.4, 0.5) is 0 Å². The summed E-state index contributed by atoms with van der Waals surface area (Å²) in [5, 5.41) is 0. The average molecular weight is 461 g/mol. The minimum Gasteiger partial charge on any atom is -0.399 e. The predicted molar refractivity (Wildman–Crippen MR) is 146 cm³/mol. The van der Waals surface area contributed by atoms with Gasteiger partial charge in [-0.25, -0.2) is 0 Å². The molecule has 1 fully saturated rings. The highest BCUT2D eigenvalue weighted by Gasteiger charge is 2.52. The zero-order chi connectivity index (χ0) is 24.7. The molecule has 2 aliphatic rings. The van der Waals surface area contributed by atoms with Gasteiger partial charge in [-0.05, 0) is 80.1 Å². The van der Waals surface area contributed by atoms with Crippen LogP contribution in [0.2, 0.25) is 0 Å². The zero-order valence-electron chi connectivity index (χ0n) is 22.8. The van der Waals surface area contributed by atoms with E-state index in [1.54, 1.807) is 0 Å². The summed E-state index contributed by atoms with van der Waals surface area (Å²) >= 11 is 0. The minimum absolute atomic E-state index is 0.0787. The van der Waals surface area contributed by atoms with E-state index in [4.69, 9.17) is 9.31 Å². The Hall–Kier alpha value is -1.58. The number of fused-ring (bicyclic) bond motifs is 3. The monoisotopic (exact) mass is 460 g/mol. The van der Waals surface area contributed by atoms with Gasteiger partial charge in [0.05, 0.1) is 11.2 Å². The Morgan fingerprint density at radius 3 is 1.79 bits per heavy atom. The quantitative estimate of drug-likeness (QED) is 0.354. The first-order valence-corrected chi connectivity index (χ1v) is 13.6. The minimum atomic E-state index is -0.328. The van der Waals surface area contributed by atoms with Crippen LogP contribution < -0.4 is 5.46 Å². The van der Waals surface area contributed by atoms with Crippen molar-refractivity contribution in [2.24, 2.45) is 11.8 Å². The Morgan fingerprint density at radius 1 is 0.706 bits per heavy atom. The Balaban J connectivity index is 1.77. The van der Waals surface area contributed by atoms with Gasteiger partial charge < -0.3 is 9.31 Å². The zero-order valence-corrected chi connectivity index (χ0v) is 22.8. The van der Waals surface area contributed by atoms with Crippen molar-refractivity contribution in [3.63, 3.8) is 0 Å². The normalized spacial score (nSPS) is 19.6. The first-order chi connectivity index (χ1) is 16.0. The first kappa shape index (κ1) is 25.5. The van der Waals surface area contributed by atoms with Gasteiger partial charge >= 0.3 is 7.12 Å². The summed E-state index contributed by atoms with van der Waals surface area (Å²) in [6.07, 6.45) is 7.49. The average Bonchev–Trinajstić information content (AvgIpc) is 3.15. The number of rotatable bonds is 9. The number of benzene rings is 2. The van der Waals surface area contributed by atoms with Crippen LogP contribution >= 0.6 is 0 Å². The van der Waals surface area contributed by atoms with Crippen LogP contribution in [-0.2, 0) is 14.7 Å². The molecule has 3 heteroatoms.